The van der Waals surface area contributed by atoms with Crippen LogP contribution in [0.1, 0.15) is 42.4 Å². The van der Waals surface area contributed by atoms with E-state index < -0.39 is 0 Å². The predicted octanol–water partition coefficient (Wildman–Crippen LogP) is 3.00. The molecule has 0 aliphatic carbocycles. The largest absolute Gasteiger partial charge is 0.307 e. The molecule has 1 aromatic rings. The molecular formula is C14H27N3S. The summed E-state index contributed by atoms with van der Waals surface area (Å²) < 4.78 is 0. The molecule has 0 bridgehead atoms. The summed E-state index contributed by atoms with van der Waals surface area (Å²) >= 11 is 1.78. The van der Waals surface area contributed by atoms with Crippen molar-refractivity contribution in [1.82, 2.24) is 15.2 Å². The van der Waals surface area contributed by atoms with E-state index in [0.717, 1.165) is 11.6 Å². The molecule has 1 N–H and O–H groups in total. The Morgan fingerprint density at radius 3 is 2.22 bits per heavy atom. The van der Waals surface area contributed by atoms with Gasteiger partial charge in [0.15, 0.2) is 0 Å². The smallest absolute Gasteiger partial charge is 0.0900 e. The lowest BCUT2D eigenvalue weighted by atomic mass is 10.0. The Labute approximate surface area is 116 Å². The fourth-order valence-electron chi connectivity index (χ4n) is 2.36. The van der Waals surface area contributed by atoms with Crippen molar-refractivity contribution in [1.29, 1.82) is 0 Å². The van der Waals surface area contributed by atoms with Crippen LogP contribution in [0, 0.1) is 19.8 Å². The second-order valence-corrected chi connectivity index (χ2v) is 6.99. The van der Waals surface area contributed by atoms with Crippen molar-refractivity contribution in [2.24, 2.45) is 5.92 Å². The van der Waals surface area contributed by atoms with E-state index in [1.807, 2.05) is 0 Å². The molecule has 0 radical (unpaired) electrons. The third-order valence-electron chi connectivity index (χ3n) is 3.42. The van der Waals surface area contributed by atoms with Gasteiger partial charge in [-0.05, 0) is 40.8 Å². The number of aromatic nitrogens is 1. The normalized spacial score (nSPS) is 15.4. The predicted molar refractivity (Wildman–Crippen MR) is 80.3 cm³/mol. The lowest BCUT2D eigenvalue weighted by molar-refractivity contribution is 0.219. The van der Waals surface area contributed by atoms with Gasteiger partial charge < -0.3 is 10.2 Å². The lowest BCUT2D eigenvalue weighted by Crippen LogP contribution is -2.42. The number of likely N-dealkylation sites (N-methyl/N-ethyl adjacent to an activating group) is 1. The average Bonchev–Trinajstić information content (AvgIpc) is 2.56. The number of hydrogen-bond donors (Lipinski definition) is 1. The molecule has 0 spiro atoms. The Balaban J connectivity index is 2.60. The Kier molecular flexibility index (Phi) is 5.76. The first-order valence-corrected chi connectivity index (χ1v) is 7.48. The maximum Gasteiger partial charge on any atom is 0.0900 e. The summed E-state index contributed by atoms with van der Waals surface area (Å²) in [7, 11) is 4.30. The van der Waals surface area contributed by atoms with Crippen molar-refractivity contribution in [3.63, 3.8) is 0 Å². The van der Waals surface area contributed by atoms with E-state index in [9.17, 15) is 0 Å². The maximum absolute atomic E-state index is 4.62. The van der Waals surface area contributed by atoms with Gasteiger partial charge in [0.1, 0.15) is 0 Å². The SMILES string of the molecule is Cc1nc(C(C)NCC(C(C)C)N(C)C)c(C)s1. The van der Waals surface area contributed by atoms with Gasteiger partial charge >= 0.3 is 0 Å². The van der Waals surface area contributed by atoms with Gasteiger partial charge in [0.05, 0.1) is 10.7 Å². The second-order valence-electron chi connectivity index (χ2n) is 5.58. The van der Waals surface area contributed by atoms with Crippen LogP contribution >= 0.6 is 11.3 Å². The number of nitrogens with one attached hydrogen (secondary N) is 1. The average molecular weight is 269 g/mol. The van der Waals surface area contributed by atoms with Gasteiger partial charge in [-0.1, -0.05) is 13.8 Å². The van der Waals surface area contributed by atoms with Crippen molar-refractivity contribution < 1.29 is 0 Å². The molecule has 1 aromatic heterocycles. The summed E-state index contributed by atoms with van der Waals surface area (Å²) in [6, 6.07) is 0.892. The van der Waals surface area contributed by atoms with Crippen LogP contribution in [-0.2, 0) is 0 Å². The molecule has 0 fully saturated rings. The highest BCUT2D eigenvalue weighted by Gasteiger charge is 2.18. The van der Waals surface area contributed by atoms with Gasteiger partial charge in [-0.2, -0.15) is 0 Å². The van der Waals surface area contributed by atoms with Crippen molar-refractivity contribution in [2.75, 3.05) is 20.6 Å². The van der Waals surface area contributed by atoms with Gasteiger partial charge in [-0.25, -0.2) is 4.98 Å². The minimum Gasteiger partial charge on any atom is -0.307 e. The Hall–Kier alpha value is -0.450. The third-order valence-corrected chi connectivity index (χ3v) is 4.32. The van der Waals surface area contributed by atoms with Crippen molar-refractivity contribution in [3.05, 3.63) is 15.6 Å². The molecule has 4 heteroatoms. The number of nitrogens with zero attached hydrogens (tertiary/aromatic N) is 2. The van der Waals surface area contributed by atoms with Crippen LogP contribution in [0.4, 0.5) is 0 Å². The molecule has 2 unspecified atom stereocenters. The fourth-order valence-corrected chi connectivity index (χ4v) is 3.27. The lowest BCUT2D eigenvalue weighted by Gasteiger charge is -2.29. The minimum atomic E-state index is 0.330. The molecule has 2 atom stereocenters. The maximum atomic E-state index is 4.62. The van der Waals surface area contributed by atoms with Gasteiger partial charge in [-0.15, -0.1) is 11.3 Å². The topological polar surface area (TPSA) is 28.2 Å². The summed E-state index contributed by atoms with van der Waals surface area (Å²) in [6.07, 6.45) is 0. The van der Waals surface area contributed by atoms with Crippen LogP contribution < -0.4 is 5.32 Å². The van der Waals surface area contributed by atoms with Crippen LogP contribution in [0.2, 0.25) is 0 Å². The fraction of sp³-hybridized carbons (Fsp3) is 0.786. The van der Waals surface area contributed by atoms with Gasteiger partial charge in [0.2, 0.25) is 0 Å². The molecular weight excluding hydrogens is 242 g/mol. The van der Waals surface area contributed by atoms with E-state index in [0.29, 0.717) is 18.0 Å². The summed E-state index contributed by atoms with van der Waals surface area (Å²) in [6.45, 7) is 12.0. The number of aryl methyl sites for hydroxylation is 2. The summed E-state index contributed by atoms with van der Waals surface area (Å²) in [5.74, 6) is 0.651. The first-order valence-electron chi connectivity index (χ1n) is 6.66. The molecule has 0 aliphatic heterocycles. The van der Waals surface area contributed by atoms with Gasteiger partial charge in [-0.3, -0.25) is 0 Å². The molecule has 1 heterocycles. The second kappa shape index (κ2) is 6.64. The van der Waals surface area contributed by atoms with Crippen molar-refractivity contribution in [2.45, 2.75) is 46.7 Å². The van der Waals surface area contributed by atoms with Crippen LogP contribution in [-0.4, -0.2) is 36.6 Å². The highest BCUT2D eigenvalue weighted by atomic mass is 32.1. The standard InChI is InChI=1S/C14H27N3S/c1-9(2)13(17(6)7)8-15-10(3)14-11(4)18-12(5)16-14/h9-10,13,15H,8H2,1-7H3. The van der Waals surface area contributed by atoms with Crippen molar-refractivity contribution >= 4 is 11.3 Å². The molecule has 0 saturated heterocycles. The van der Waals surface area contributed by atoms with E-state index in [1.165, 1.54) is 10.6 Å². The molecule has 0 aliphatic rings. The molecule has 104 valence electrons. The van der Waals surface area contributed by atoms with Crippen LogP contribution in [0.15, 0.2) is 0 Å². The van der Waals surface area contributed by atoms with E-state index in [4.69, 9.17) is 0 Å². The first kappa shape index (κ1) is 15.6. The van der Waals surface area contributed by atoms with E-state index in [2.05, 4.69) is 63.9 Å². The minimum absolute atomic E-state index is 0.330. The highest BCUT2D eigenvalue weighted by molar-refractivity contribution is 7.11. The Morgan fingerprint density at radius 1 is 1.22 bits per heavy atom. The van der Waals surface area contributed by atoms with E-state index in [-0.39, 0.29) is 0 Å². The highest BCUT2D eigenvalue weighted by Crippen LogP contribution is 2.22. The zero-order chi connectivity index (χ0) is 13.9. The zero-order valence-electron chi connectivity index (χ0n) is 12.7. The molecule has 0 aromatic carbocycles. The molecule has 0 saturated carbocycles. The molecule has 0 amide bonds. The van der Waals surface area contributed by atoms with Crippen LogP contribution in [0.25, 0.3) is 0 Å². The monoisotopic (exact) mass is 269 g/mol. The summed E-state index contributed by atoms with van der Waals surface area (Å²) in [5, 5.41) is 4.77. The number of thiazole rings is 1. The first-order chi connectivity index (χ1) is 8.32. The number of hydrogen-bond acceptors (Lipinski definition) is 4. The van der Waals surface area contributed by atoms with E-state index in [1.54, 1.807) is 11.3 Å². The van der Waals surface area contributed by atoms with Crippen molar-refractivity contribution in [3.8, 4) is 0 Å². The van der Waals surface area contributed by atoms with E-state index >= 15 is 0 Å². The Morgan fingerprint density at radius 2 is 1.83 bits per heavy atom. The zero-order valence-corrected chi connectivity index (χ0v) is 13.6. The quantitative estimate of drug-likeness (QED) is 0.860. The summed E-state index contributed by atoms with van der Waals surface area (Å²) in [5.41, 5.74) is 1.21. The molecule has 3 nitrogen and oxygen atoms in total. The Bertz CT molecular complexity index is 363. The van der Waals surface area contributed by atoms with Gasteiger partial charge in [0, 0.05) is 23.5 Å². The van der Waals surface area contributed by atoms with Gasteiger partial charge in [0.25, 0.3) is 0 Å². The number of rotatable bonds is 6. The third kappa shape index (κ3) is 4.04. The summed E-state index contributed by atoms with van der Waals surface area (Å²) in [4.78, 5) is 8.25. The van der Waals surface area contributed by atoms with Crippen LogP contribution in [0.5, 0.6) is 0 Å². The van der Waals surface area contributed by atoms with Crippen LogP contribution in [0.3, 0.4) is 0 Å². The molecule has 18 heavy (non-hydrogen) atoms. The molecule has 1 rings (SSSR count).